The molecule has 1 fully saturated rings. The van der Waals surface area contributed by atoms with Crippen LogP contribution in [0.15, 0.2) is 6.20 Å². The molecule has 19 heavy (non-hydrogen) atoms. The van der Waals surface area contributed by atoms with Gasteiger partial charge >= 0.3 is 11.9 Å². The molecule has 1 atom stereocenters. The summed E-state index contributed by atoms with van der Waals surface area (Å²) in [6, 6.07) is 0. The van der Waals surface area contributed by atoms with Gasteiger partial charge in [0.1, 0.15) is 0 Å². The summed E-state index contributed by atoms with van der Waals surface area (Å²) in [5, 5.41) is 17.7. The summed E-state index contributed by atoms with van der Waals surface area (Å²) in [6.07, 6.45) is 1.01. The number of hydrogen-bond acceptors (Lipinski definition) is 5. The van der Waals surface area contributed by atoms with Gasteiger partial charge in [0.15, 0.2) is 0 Å². The Morgan fingerprint density at radius 2 is 2.11 bits per heavy atom. The van der Waals surface area contributed by atoms with Gasteiger partial charge in [-0.1, -0.05) is 0 Å². The fourth-order valence-corrected chi connectivity index (χ4v) is 1.86. The van der Waals surface area contributed by atoms with E-state index in [-0.39, 0.29) is 36.1 Å². The van der Waals surface area contributed by atoms with Crippen LogP contribution in [0.25, 0.3) is 0 Å². The number of rotatable bonds is 3. The Hall–Kier alpha value is -2.51. The zero-order chi connectivity index (χ0) is 14.2. The number of carbonyl (C=O) groups excluding carboxylic acids is 1. The van der Waals surface area contributed by atoms with E-state index in [1.54, 1.807) is 0 Å². The summed E-state index contributed by atoms with van der Waals surface area (Å²) in [5.74, 6) is -3.32. The monoisotopic (exact) mass is 265 g/mol. The molecule has 2 N–H and O–H groups in total. The number of anilines is 1. The fourth-order valence-electron chi connectivity index (χ4n) is 1.86. The van der Waals surface area contributed by atoms with Gasteiger partial charge in [-0.15, -0.1) is 0 Å². The molecule has 1 saturated heterocycles. The van der Waals surface area contributed by atoms with Crippen molar-refractivity contribution in [3.05, 3.63) is 17.5 Å². The maximum atomic E-state index is 11.7. The van der Waals surface area contributed by atoms with Crippen molar-refractivity contribution in [2.75, 3.05) is 11.4 Å². The van der Waals surface area contributed by atoms with Gasteiger partial charge in [-0.2, -0.15) is 0 Å². The quantitative estimate of drug-likeness (QED) is 0.783. The van der Waals surface area contributed by atoms with E-state index in [1.807, 2.05) is 0 Å². The highest BCUT2D eigenvalue weighted by molar-refractivity contribution is 5.98. The number of hydrogen-bond donors (Lipinski definition) is 2. The summed E-state index contributed by atoms with van der Waals surface area (Å²) in [7, 11) is 0. The molecule has 8 heteroatoms. The topological polar surface area (TPSA) is 121 Å². The molecule has 1 amide bonds. The average Bonchev–Trinajstić information content (AvgIpc) is 2.71. The molecule has 1 aromatic heterocycles. The molecule has 0 aliphatic carbocycles. The Balaban J connectivity index is 2.28. The van der Waals surface area contributed by atoms with Crippen LogP contribution >= 0.6 is 0 Å². The summed E-state index contributed by atoms with van der Waals surface area (Å²) >= 11 is 0. The lowest BCUT2D eigenvalue weighted by Gasteiger charge is -2.14. The van der Waals surface area contributed by atoms with Crippen molar-refractivity contribution in [2.24, 2.45) is 5.92 Å². The van der Waals surface area contributed by atoms with E-state index >= 15 is 0 Å². The Bertz CT molecular complexity index is 571. The van der Waals surface area contributed by atoms with Crippen molar-refractivity contribution < 1.29 is 24.6 Å². The predicted molar refractivity (Wildman–Crippen MR) is 61.8 cm³/mol. The lowest BCUT2D eigenvalue weighted by molar-refractivity contribution is -0.141. The minimum Gasteiger partial charge on any atom is -0.481 e. The van der Waals surface area contributed by atoms with Crippen molar-refractivity contribution in [1.29, 1.82) is 0 Å². The number of carboxylic acid groups (broad SMARTS) is 2. The highest BCUT2D eigenvalue weighted by Gasteiger charge is 2.36. The number of aryl methyl sites for hydroxylation is 1. The average molecular weight is 265 g/mol. The minimum atomic E-state index is -1.15. The van der Waals surface area contributed by atoms with Crippen LogP contribution in [0.2, 0.25) is 0 Å². The smallest absolute Gasteiger partial charge is 0.339 e. The normalized spacial score (nSPS) is 18.7. The predicted octanol–water partition coefficient (Wildman–Crippen LogP) is -0.0793. The van der Waals surface area contributed by atoms with E-state index in [2.05, 4.69) is 9.97 Å². The molecule has 2 heterocycles. The Morgan fingerprint density at radius 3 is 2.58 bits per heavy atom. The van der Waals surface area contributed by atoms with Crippen molar-refractivity contribution in [3.8, 4) is 0 Å². The van der Waals surface area contributed by atoms with Gasteiger partial charge < -0.3 is 10.2 Å². The van der Waals surface area contributed by atoms with Crippen LogP contribution in [-0.2, 0) is 9.59 Å². The molecule has 8 nitrogen and oxygen atoms in total. The van der Waals surface area contributed by atoms with Gasteiger partial charge in [-0.3, -0.25) is 14.5 Å². The first-order valence-corrected chi connectivity index (χ1v) is 5.50. The third kappa shape index (κ3) is 2.37. The number of nitrogens with zero attached hydrogens (tertiary/aromatic N) is 3. The second-order valence-corrected chi connectivity index (χ2v) is 4.22. The number of carbonyl (C=O) groups is 3. The lowest BCUT2D eigenvalue weighted by Crippen LogP contribution is -2.28. The van der Waals surface area contributed by atoms with Gasteiger partial charge in [0, 0.05) is 19.2 Å². The molecular formula is C11H11N3O5. The van der Waals surface area contributed by atoms with Gasteiger partial charge in [0.2, 0.25) is 11.9 Å². The first kappa shape index (κ1) is 12.9. The number of aliphatic carboxylic acids is 1. The molecule has 0 saturated carbocycles. The van der Waals surface area contributed by atoms with Gasteiger partial charge in [-0.25, -0.2) is 14.8 Å². The SMILES string of the molecule is Cc1nc(N2CC(C(=O)O)CC2=O)ncc1C(=O)O. The molecule has 100 valence electrons. The molecule has 1 aromatic rings. The summed E-state index contributed by atoms with van der Waals surface area (Å²) in [6.45, 7) is 1.49. The van der Waals surface area contributed by atoms with Crippen molar-refractivity contribution in [1.82, 2.24) is 9.97 Å². The molecule has 1 unspecified atom stereocenters. The Morgan fingerprint density at radius 1 is 1.42 bits per heavy atom. The molecule has 1 aliphatic heterocycles. The highest BCUT2D eigenvalue weighted by atomic mass is 16.4. The molecule has 0 radical (unpaired) electrons. The van der Waals surface area contributed by atoms with Crippen LogP contribution in [0.3, 0.4) is 0 Å². The van der Waals surface area contributed by atoms with Crippen LogP contribution in [0, 0.1) is 12.8 Å². The summed E-state index contributed by atoms with van der Waals surface area (Å²) in [5.41, 5.74) is 0.175. The first-order valence-electron chi connectivity index (χ1n) is 5.50. The summed E-state index contributed by atoms with van der Waals surface area (Å²) < 4.78 is 0. The first-order chi connectivity index (χ1) is 8.90. The molecule has 2 rings (SSSR count). The second-order valence-electron chi connectivity index (χ2n) is 4.22. The summed E-state index contributed by atoms with van der Waals surface area (Å²) in [4.78, 5) is 42.3. The van der Waals surface area contributed by atoms with E-state index < -0.39 is 17.9 Å². The molecule has 0 aromatic carbocycles. The fraction of sp³-hybridized carbons (Fsp3) is 0.364. The van der Waals surface area contributed by atoms with Crippen LogP contribution in [-0.4, -0.2) is 44.6 Å². The van der Waals surface area contributed by atoms with E-state index in [4.69, 9.17) is 10.2 Å². The van der Waals surface area contributed by atoms with E-state index in [0.29, 0.717) is 0 Å². The van der Waals surface area contributed by atoms with Crippen molar-refractivity contribution >= 4 is 23.8 Å². The van der Waals surface area contributed by atoms with Crippen LogP contribution in [0.5, 0.6) is 0 Å². The zero-order valence-corrected chi connectivity index (χ0v) is 10.0. The molecule has 0 spiro atoms. The number of aromatic carboxylic acids is 1. The second kappa shape index (κ2) is 4.63. The standard InChI is InChI=1S/C11H11N3O5/c1-5-7(10(18)19)3-12-11(13-5)14-4-6(9(16)17)2-8(14)15/h3,6H,2,4H2,1H3,(H,16,17)(H,18,19). The molecule has 0 bridgehead atoms. The van der Waals surface area contributed by atoms with E-state index in [1.165, 1.54) is 6.92 Å². The highest BCUT2D eigenvalue weighted by Crippen LogP contribution is 2.22. The number of carboxylic acids is 2. The maximum absolute atomic E-state index is 11.7. The third-order valence-electron chi connectivity index (χ3n) is 2.91. The van der Waals surface area contributed by atoms with Crippen LogP contribution < -0.4 is 4.90 Å². The lowest BCUT2D eigenvalue weighted by atomic mass is 10.1. The van der Waals surface area contributed by atoms with Gasteiger partial charge in [0.25, 0.3) is 0 Å². The minimum absolute atomic E-state index is 0.0000246. The Kier molecular flexibility index (Phi) is 3.16. The van der Waals surface area contributed by atoms with Crippen molar-refractivity contribution in [3.63, 3.8) is 0 Å². The Labute approximate surface area is 107 Å². The van der Waals surface area contributed by atoms with Crippen LogP contribution in [0.4, 0.5) is 5.95 Å². The van der Waals surface area contributed by atoms with Gasteiger partial charge in [0.05, 0.1) is 17.2 Å². The largest absolute Gasteiger partial charge is 0.481 e. The zero-order valence-electron chi connectivity index (χ0n) is 10.0. The third-order valence-corrected chi connectivity index (χ3v) is 2.91. The van der Waals surface area contributed by atoms with Gasteiger partial charge in [-0.05, 0) is 6.92 Å². The van der Waals surface area contributed by atoms with E-state index in [9.17, 15) is 14.4 Å². The van der Waals surface area contributed by atoms with E-state index in [0.717, 1.165) is 11.1 Å². The number of amides is 1. The number of aromatic nitrogens is 2. The maximum Gasteiger partial charge on any atom is 0.339 e. The molecule has 1 aliphatic rings. The molecular weight excluding hydrogens is 254 g/mol. The van der Waals surface area contributed by atoms with Crippen LogP contribution in [0.1, 0.15) is 22.5 Å². The van der Waals surface area contributed by atoms with Crippen molar-refractivity contribution in [2.45, 2.75) is 13.3 Å².